The summed E-state index contributed by atoms with van der Waals surface area (Å²) in [5, 5.41) is 2.94. The van der Waals surface area contributed by atoms with E-state index in [0.29, 0.717) is 37.5 Å². The summed E-state index contributed by atoms with van der Waals surface area (Å²) in [6, 6.07) is 3.13. The van der Waals surface area contributed by atoms with Crippen molar-refractivity contribution in [2.75, 3.05) is 26.2 Å². The molecule has 0 radical (unpaired) electrons. The van der Waals surface area contributed by atoms with Crippen molar-refractivity contribution < 1.29 is 22.0 Å². The Labute approximate surface area is 172 Å². The predicted molar refractivity (Wildman–Crippen MR) is 108 cm³/mol. The highest BCUT2D eigenvalue weighted by molar-refractivity contribution is 7.89. The first-order chi connectivity index (χ1) is 13.5. The van der Waals surface area contributed by atoms with Crippen molar-refractivity contribution in [2.45, 2.75) is 57.5 Å². The first-order valence-electron chi connectivity index (χ1n) is 10.0. The largest absolute Gasteiger partial charge is 0.355 e. The van der Waals surface area contributed by atoms with Crippen LogP contribution in [0.3, 0.4) is 0 Å². The fraction of sp³-hybridized carbons (Fsp3) is 0.650. The number of carbonyl (C=O) groups is 1. The average Bonchev–Trinajstić information content (AvgIpc) is 2.66. The van der Waals surface area contributed by atoms with Crippen molar-refractivity contribution in [3.8, 4) is 0 Å². The number of sulfonamides is 1. The maximum absolute atomic E-state index is 13.9. The zero-order chi connectivity index (χ0) is 21.8. The number of nitrogens with zero attached hydrogens (tertiary/aromatic N) is 2. The zero-order valence-electron chi connectivity index (χ0n) is 17.5. The summed E-state index contributed by atoms with van der Waals surface area (Å²) >= 11 is 0. The lowest BCUT2D eigenvalue weighted by Crippen LogP contribution is -2.46. The van der Waals surface area contributed by atoms with Crippen LogP contribution < -0.4 is 5.32 Å². The summed E-state index contributed by atoms with van der Waals surface area (Å²) in [6.45, 7) is 9.91. The van der Waals surface area contributed by atoms with Crippen molar-refractivity contribution >= 4 is 15.9 Å². The molecule has 1 aromatic carbocycles. The zero-order valence-corrected chi connectivity index (χ0v) is 18.3. The number of benzene rings is 1. The average molecular weight is 432 g/mol. The molecule has 6 nitrogen and oxygen atoms in total. The standard InChI is InChI=1S/C20H31F2N3O3S/c1-14(2)25(15(3)4)12-9-23-20(26)16-7-10-24(11-8-16)29(27,28)19-13-17(21)5-6-18(19)22/h5-6,13-16H,7-12H2,1-4H3,(H,23,26). The molecule has 29 heavy (non-hydrogen) atoms. The van der Waals surface area contributed by atoms with Crippen LogP contribution in [0.1, 0.15) is 40.5 Å². The monoisotopic (exact) mass is 431 g/mol. The van der Waals surface area contributed by atoms with E-state index in [2.05, 4.69) is 37.9 Å². The topological polar surface area (TPSA) is 69.7 Å². The van der Waals surface area contributed by atoms with Crippen LogP contribution in [0.5, 0.6) is 0 Å². The van der Waals surface area contributed by atoms with Gasteiger partial charge in [-0.1, -0.05) is 0 Å². The van der Waals surface area contributed by atoms with Gasteiger partial charge in [0.05, 0.1) is 0 Å². The van der Waals surface area contributed by atoms with Crippen LogP contribution in [-0.4, -0.2) is 61.8 Å². The molecule has 0 bridgehead atoms. The minimum atomic E-state index is -4.13. The number of amides is 1. The van der Waals surface area contributed by atoms with Gasteiger partial charge in [0.25, 0.3) is 0 Å². The molecule has 2 rings (SSSR count). The minimum Gasteiger partial charge on any atom is -0.355 e. The number of halogens is 2. The third-order valence-electron chi connectivity index (χ3n) is 5.33. The third-order valence-corrected chi connectivity index (χ3v) is 7.25. The molecule has 0 spiro atoms. The molecule has 1 amide bonds. The molecular formula is C20H31F2N3O3S. The fourth-order valence-corrected chi connectivity index (χ4v) is 5.28. The van der Waals surface area contributed by atoms with Gasteiger partial charge in [-0.3, -0.25) is 9.69 Å². The Hall–Kier alpha value is -1.58. The number of piperidine rings is 1. The normalized spacial score (nSPS) is 16.7. The van der Waals surface area contributed by atoms with E-state index < -0.39 is 26.6 Å². The molecule has 1 aliphatic heterocycles. The first kappa shape index (κ1) is 23.7. The molecule has 1 aromatic rings. The van der Waals surface area contributed by atoms with Crippen LogP contribution in [0, 0.1) is 17.6 Å². The van der Waals surface area contributed by atoms with E-state index in [-0.39, 0.29) is 24.9 Å². The van der Waals surface area contributed by atoms with Gasteiger partial charge in [0.15, 0.2) is 0 Å². The van der Waals surface area contributed by atoms with Gasteiger partial charge in [-0.15, -0.1) is 0 Å². The summed E-state index contributed by atoms with van der Waals surface area (Å²) < 4.78 is 53.7. The Kier molecular flexibility index (Phi) is 8.13. The number of nitrogens with one attached hydrogen (secondary N) is 1. The Balaban J connectivity index is 1.90. The van der Waals surface area contributed by atoms with Gasteiger partial charge in [0, 0.05) is 44.2 Å². The van der Waals surface area contributed by atoms with Crippen molar-refractivity contribution in [1.82, 2.24) is 14.5 Å². The second kappa shape index (κ2) is 9.95. The lowest BCUT2D eigenvalue weighted by molar-refractivity contribution is -0.126. The number of carbonyl (C=O) groups excluding carboxylic acids is 1. The molecule has 0 unspecified atom stereocenters. The summed E-state index contributed by atoms with van der Waals surface area (Å²) in [5.41, 5.74) is 0. The van der Waals surface area contributed by atoms with Crippen molar-refractivity contribution in [3.05, 3.63) is 29.8 Å². The minimum absolute atomic E-state index is 0.0913. The lowest BCUT2D eigenvalue weighted by atomic mass is 9.97. The van der Waals surface area contributed by atoms with E-state index in [1.165, 1.54) is 0 Å². The van der Waals surface area contributed by atoms with Gasteiger partial charge in [-0.2, -0.15) is 4.31 Å². The van der Waals surface area contributed by atoms with Crippen LogP contribution in [0.25, 0.3) is 0 Å². The maximum Gasteiger partial charge on any atom is 0.246 e. The SMILES string of the molecule is CC(C)N(CCNC(=O)C1CCN(S(=O)(=O)c2cc(F)ccc2F)CC1)C(C)C. The second-order valence-corrected chi connectivity index (χ2v) is 9.88. The van der Waals surface area contributed by atoms with Crippen molar-refractivity contribution in [3.63, 3.8) is 0 Å². The molecule has 1 aliphatic rings. The maximum atomic E-state index is 13.9. The second-order valence-electron chi connectivity index (χ2n) is 7.97. The molecule has 9 heteroatoms. The summed E-state index contributed by atoms with van der Waals surface area (Å²) in [4.78, 5) is 14.1. The highest BCUT2D eigenvalue weighted by atomic mass is 32.2. The quantitative estimate of drug-likeness (QED) is 0.687. The molecule has 1 N–H and O–H groups in total. The molecule has 1 saturated heterocycles. The van der Waals surface area contributed by atoms with Crippen LogP contribution >= 0.6 is 0 Å². The lowest BCUT2D eigenvalue weighted by Gasteiger charge is -2.32. The van der Waals surface area contributed by atoms with E-state index in [4.69, 9.17) is 0 Å². The predicted octanol–water partition coefficient (Wildman–Crippen LogP) is 2.60. The molecule has 1 heterocycles. The van der Waals surface area contributed by atoms with E-state index in [1.54, 1.807) is 0 Å². The molecule has 0 aromatic heterocycles. The number of rotatable bonds is 8. The van der Waals surface area contributed by atoms with E-state index >= 15 is 0 Å². The molecule has 164 valence electrons. The van der Waals surface area contributed by atoms with E-state index in [0.717, 1.165) is 23.0 Å². The summed E-state index contributed by atoms with van der Waals surface area (Å²) in [6.07, 6.45) is 0.695. The number of hydrogen-bond acceptors (Lipinski definition) is 4. The first-order valence-corrected chi connectivity index (χ1v) is 11.5. The van der Waals surface area contributed by atoms with Gasteiger partial charge in [-0.25, -0.2) is 17.2 Å². The summed E-state index contributed by atoms with van der Waals surface area (Å²) in [7, 11) is -4.13. The highest BCUT2D eigenvalue weighted by Crippen LogP contribution is 2.26. The summed E-state index contributed by atoms with van der Waals surface area (Å²) in [5.74, 6) is -2.17. The van der Waals surface area contributed by atoms with Gasteiger partial charge in [-0.05, 0) is 58.7 Å². The third kappa shape index (κ3) is 5.96. The van der Waals surface area contributed by atoms with Gasteiger partial charge < -0.3 is 5.32 Å². The molecule has 0 atom stereocenters. The van der Waals surface area contributed by atoms with Gasteiger partial charge in [0.2, 0.25) is 15.9 Å². The van der Waals surface area contributed by atoms with Crippen LogP contribution in [-0.2, 0) is 14.8 Å². The van der Waals surface area contributed by atoms with Crippen LogP contribution in [0.4, 0.5) is 8.78 Å². The van der Waals surface area contributed by atoms with E-state index in [9.17, 15) is 22.0 Å². The van der Waals surface area contributed by atoms with E-state index in [1.807, 2.05) is 0 Å². The Morgan fingerprint density at radius 3 is 2.31 bits per heavy atom. The Morgan fingerprint density at radius 2 is 1.76 bits per heavy atom. The van der Waals surface area contributed by atoms with Crippen LogP contribution in [0.15, 0.2) is 23.1 Å². The van der Waals surface area contributed by atoms with Crippen LogP contribution in [0.2, 0.25) is 0 Å². The smallest absolute Gasteiger partial charge is 0.246 e. The highest BCUT2D eigenvalue weighted by Gasteiger charge is 2.33. The fourth-order valence-electron chi connectivity index (χ4n) is 3.74. The Bertz CT molecular complexity index is 799. The molecular weight excluding hydrogens is 400 g/mol. The van der Waals surface area contributed by atoms with Gasteiger partial charge in [0.1, 0.15) is 16.5 Å². The van der Waals surface area contributed by atoms with Crippen molar-refractivity contribution in [1.29, 1.82) is 0 Å². The molecule has 0 aliphatic carbocycles. The molecule has 0 saturated carbocycles. The number of hydrogen-bond donors (Lipinski definition) is 1. The van der Waals surface area contributed by atoms with Crippen molar-refractivity contribution in [2.24, 2.45) is 5.92 Å². The molecule has 1 fully saturated rings. The Morgan fingerprint density at radius 1 is 1.17 bits per heavy atom. The van der Waals surface area contributed by atoms with Gasteiger partial charge >= 0.3 is 0 Å².